The molecule has 0 fully saturated rings. The maximum absolute atomic E-state index is 13.4. The summed E-state index contributed by atoms with van der Waals surface area (Å²) in [4.78, 5) is 13.2. The first-order valence-electron chi connectivity index (χ1n) is 8.29. The molecule has 0 saturated carbocycles. The zero-order valence-electron chi connectivity index (χ0n) is 14.1. The normalized spacial score (nSPS) is 12.1. The van der Waals surface area contributed by atoms with Crippen LogP contribution in [0, 0.1) is 0 Å². The molecule has 0 spiro atoms. The molecule has 2 aromatic heterocycles. The van der Waals surface area contributed by atoms with Crippen LogP contribution in [-0.4, -0.2) is 15.0 Å². The zero-order valence-corrected chi connectivity index (χ0v) is 14.1. The standard InChI is InChI=1S/C21H16FN3O/c1-14(22)15-7-9-16(10-8-15)26-21-18(5-3-11-25-21)17-4-2-6-19-20(17)24-13-12-23-19/h2-14H,1H3. The van der Waals surface area contributed by atoms with E-state index in [0.717, 1.165) is 22.2 Å². The van der Waals surface area contributed by atoms with Gasteiger partial charge in [-0.05, 0) is 42.8 Å². The Bertz CT molecular complexity index is 1040. The van der Waals surface area contributed by atoms with Crippen LogP contribution in [0.5, 0.6) is 11.6 Å². The fourth-order valence-electron chi connectivity index (χ4n) is 2.80. The summed E-state index contributed by atoms with van der Waals surface area (Å²) in [6.45, 7) is 1.51. The summed E-state index contributed by atoms with van der Waals surface area (Å²) in [5.41, 5.74) is 3.92. The molecule has 26 heavy (non-hydrogen) atoms. The van der Waals surface area contributed by atoms with Gasteiger partial charge in [-0.1, -0.05) is 24.3 Å². The number of para-hydroxylation sites is 1. The van der Waals surface area contributed by atoms with Crippen LogP contribution in [0.25, 0.3) is 22.2 Å². The highest BCUT2D eigenvalue weighted by Gasteiger charge is 2.13. The smallest absolute Gasteiger partial charge is 0.227 e. The van der Waals surface area contributed by atoms with Gasteiger partial charge in [0.25, 0.3) is 0 Å². The Labute approximate surface area is 150 Å². The SMILES string of the molecule is CC(F)c1ccc(Oc2ncccc2-c2cccc3nccnc23)cc1. The summed E-state index contributed by atoms with van der Waals surface area (Å²) in [7, 11) is 0. The lowest BCUT2D eigenvalue weighted by Gasteiger charge is -2.12. The highest BCUT2D eigenvalue weighted by Crippen LogP contribution is 2.34. The predicted octanol–water partition coefficient (Wildman–Crippen LogP) is 5.51. The molecule has 2 aromatic carbocycles. The van der Waals surface area contributed by atoms with E-state index in [2.05, 4.69) is 15.0 Å². The molecule has 1 unspecified atom stereocenters. The molecule has 128 valence electrons. The lowest BCUT2D eigenvalue weighted by Crippen LogP contribution is -1.94. The van der Waals surface area contributed by atoms with Crippen molar-refractivity contribution in [2.75, 3.05) is 0 Å². The lowest BCUT2D eigenvalue weighted by molar-refractivity contribution is 0.373. The summed E-state index contributed by atoms with van der Waals surface area (Å²) < 4.78 is 19.3. The van der Waals surface area contributed by atoms with E-state index in [1.165, 1.54) is 6.92 Å². The number of hydrogen-bond acceptors (Lipinski definition) is 4. The van der Waals surface area contributed by atoms with Crippen LogP contribution in [-0.2, 0) is 0 Å². The van der Waals surface area contributed by atoms with Gasteiger partial charge in [-0.2, -0.15) is 0 Å². The van der Waals surface area contributed by atoms with Gasteiger partial charge < -0.3 is 4.74 Å². The maximum atomic E-state index is 13.4. The number of hydrogen-bond donors (Lipinski definition) is 0. The number of fused-ring (bicyclic) bond motifs is 1. The van der Waals surface area contributed by atoms with E-state index < -0.39 is 6.17 Å². The van der Waals surface area contributed by atoms with Gasteiger partial charge in [0, 0.05) is 29.7 Å². The summed E-state index contributed by atoms with van der Waals surface area (Å²) in [5, 5.41) is 0. The number of ether oxygens (including phenoxy) is 1. The molecule has 4 aromatic rings. The Balaban J connectivity index is 1.75. The number of rotatable bonds is 4. The molecule has 0 bridgehead atoms. The van der Waals surface area contributed by atoms with E-state index in [1.807, 2.05) is 30.3 Å². The van der Waals surface area contributed by atoms with Crippen LogP contribution in [0.4, 0.5) is 4.39 Å². The number of aromatic nitrogens is 3. The van der Waals surface area contributed by atoms with E-state index in [4.69, 9.17) is 4.74 Å². The molecule has 0 saturated heterocycles. The van der Waals surface area contributed by atoms with E-state index in [0.29, 0.717) is 17.2 Å². The first-order valence-corrected chi connectivity index (χ1v) is 8.29. The van der Waals surface area contributed by atoms with Crippen molar-refractivity contribution >= 4 is 11.0 Å². The van der Waals surface area contributed by atoms with Crippen molar-refractivity contribution < 1.29 is 9.13 Å². The summed E-state index contributed by atoms with van der Waals surface area (Å²) in [5.74, 6) is 1.06. The van der Waals surface area contributed by atoms with Gasteiger partial charge in [0.1, 0.15) is 11.9 Å². The zero-order chi connectivity index (χ0) is 17.9. The van der Waals surface area contributed by atoms with Crippen LogP contribution in [0.1, 0.15) is 18.7 Å². The Morgan fingerprint density at radius 3 is 2.38 bits per heavy atom. The molecule has 0 amide bonds. The van der Waals surface area contributed by atoms with Gasteiger partial charge in [-0.15, -0.1) is 0 Å². The molecule has 0 aliphatic rings. The largest absolute Gasteiger partial charge is 0.438 e. The predicted molar refractivity (Wildman–Crippen MR) is 98.8 cm³/mol. The van der Waals surface area contributed by atoms with Crippen LogP contribution in [0.15, 0.2) is 73.2 Å². The van der Waals surface area contributed by atoms with E-state index in [-0.39, 0.29) is 0 Å². The third-order valence-electron chi connectivity index (χ3n) is 4.11. The van der Waals surface area contributed by atoms with Gasteiger partial charge in [0.2, 0.25) is 5.88 Å². The lowest BCUT2D eigenvalue weighted by atomic mass is 10.1. The molecule has 0 radical (unpaired) electrons. The average Bonchev–Trinajstić information content (AvgIpc) is 2.68. The van der Waals surface area contributed by atoms with Crippen molar-refractivity contribution in [3.63, 3.8) is 0 Å². The van der Waals surface area contributed by atoms with E-state index in [9.17, 15) is 4.39 Å². The highest BCUT2D eigenvalue weighted by atomic mass is 19.1. The number of nitrogens with zero attached hydrogens (tertiary/aromatic N) is 3. The monoisotopic (exact) mass is 345 g/mol. The van der Waals surface area contributed by atoms with Crippen LogP contribution >= 0.6 is 0 Å². The van der Waals surface area contributed by atoms with Gasteiger partial charge >= 0.3 is 0 Å². The second-order valence-corrected chi connectivity index (χ2v) is 5.87. The second-order valence-electron chi connectivity index (χ2n) is 5.87. The van der Waals surface area contributed by atoms with Crippen LogP contribution in [0.3, 0.4) is 0 Å². The Morgan fingerprint density at radius 2 is 1.58 bits per heavy atom. The first kappa shape index (κ1) is 16.1. The number of pyridine rings is 1. The van der Waals surface area contributed by atoms with Gasteiger partial charge in [-0.3, -0.25) is 9.97 Å². The third kappa shape index (κ3) is 3.11. The van der Waals surface area contributed by atoms with Gasteiger partial charge in [0.05, 0.1) is 11.0 Å². The first-order chi connectivity index (χ1) is 12.7. The van der Waals surface area contributed by atoms with Crippen LogP contribution in [0.2, 0.25) is 0 Å². The molecule has 2 heterocycles. The van der Waals surface area contributed by atoms with Crippen LogP contribution < -0.4 is 4.74 Å². The summed E-state index contributed by atoms with van der Waals surface area (Å²) in [6, 6.07) is 16.5. The average molecular weight is 345 g/mol. The Hall–Kier alpha value is -3.34. The molecule has 0 aliphatic heterocycles. The van der Waals surface area contributed by atoms with Crippen molar-refractivity contribution in [3.05, 3.63) is 78.8 Å². The molecular formula is C21H16FN3O. The number of benzene rings is 2. The molecular weight excluding hydrogens is 329 g/mol. The second kappa shape index (κ2) is 6.88. The fraction of sp³-hybridized carbons (Fsp3) is 0.0952. The summed E-state index contributed by atoms with van der Waals surface area (Å²) in [6.07, 6.45) is 4.00. The third-order valence-corrected chi connectivity index (χ3v) is 4.11. The topological polar surface area (TPSA) is 47.9 Å². The van der Waals surface area contributed by atoms with Crippen molar-refractivity contribution in [1.29, 1.82) is 0 Å². The maximum Gasteiger partial charge on any atom is 0.227 e. The van der Waals surface area contributed by atoms with Crippen molar-refractivity contribution in [1.82, 2.24) is 15.0 Å². The minimum Gasteiger partial charge on any atom is -0.438 e. The molecule has 0 N–H and O–H groups in total. The fourth-order valence-corrected chi connectivity index (χ4v) is 2.80. The quantitative estimate of drug-likeness (QED) is 0.489. The highest BCUT2D eigenvalue weighted by molar-refractivity contribution is 5.92. The Kier molecular flexibility index (Phi) is 4.27. The molecule has 0 aliphatic carbocycles. The number of alkyl halides is 1. The van der Waals surface area contributed by atoms with Gasteiger partial charge in [0.15, 0.2) is 0 Å². The van der Waals surface area contributed by atoms with Gasteiger partial charge in [-0.25, -0.2) is 9.37 Å². The minimum absolute atomic E-state index is 0.465. The van der Waals surface area contributed by atoms with E-state index >= 15 is 0 Å². The van der Waals surface area contributed by atoms with Crippen molar-refractivity contribution in [2.24, 2.45) is 0 Å². The molecule has 1 atom stereocenters. The Morgan fingerprint density at radius 1 is 0.808 bits per heavy atom. The molecule has 4 nitrogen and oxygen atoms in total. The molecule has 5 heteroatoms. The van der Waals surface area contributed by atoms with Crippen molar-refractivity contribution in [2.45, 2.75) is 13.1 Å². The van der Waals surface area contributed by atoms with E-state index in [1.54, 1.807) is 42.9 Å². The van der Waals surface area contributed by atoms with Crippen molar-refractivity contribution in [3.8, 4) is 22.8 Å². The molecule has 4 rings (SSSR count). The minimum atomic E-state index is -1.01. The summed E-state index contributed by atoms with van der Waals surface area (Å²) >= 11 is 0. The number of halogens is 1.